The van der Waals surface area contributed by atoms with Crippen LogP contribution >= 0.6 is 23.2 Å². The molecule has 1 aromatic heterocycles. The Morgan fingerprint density at radius 3 is 2.55 bits per heavy atom. The molecule has 122 valence electrons. The zero-order chi connectivity index (χ0) is 15.7. The number of rotatable bonds is 5. The van der Waals surface area contributed by atoms with E-state index in [9.17, 15) is 0 Å². The molecule has 0 spiro atoms. The molecule has 2 aliphatic rings. The largest absolute Gasteiger partial charge is 0.356 e. The van der Waals surface area contributed by atoms with Gasteiger partial charge in [-0.05, 0) is 43.1 Å². The first-order chi connectivity index (χ1) is 10.6. The Hall–Kier alpha value is -0.870. The van der Waals surface area contributed by atoms with Gasteiger partial charge in [-0.3, -0.25) is 4.99 Å². The molecule has 6 heteroatoms. The third-order valence-electron chi connectivity index (χ3n) is 5.28. The molecule has 4 nitrogen and oxygen atoms in total. The van der Waals surface area contributed by atoms with Crippen molar-refractivity contribution in [1.82, 2.24) is 15.2 Å². The van der Waals surface area contributed by atoms with Gasteiger partial charge >= 0.3 is 0 Å². The Kier molecular flexibility index (Phi) is 4.60. The summed E-state index contributed by atoms with van der Waals surface area (Å²) in [4.78, 5) is 4.32. The second-order valence-corrected chi connectivity index (χ2v) is 7.37. The van der Waals surface area contributed by atoms with E-state index in [0.29, 0.717) is 22.1 Å². The van der Waals surface area contributed by atoms with E-state index >= 15 is 0 Å². The van der Waals surface area contributed by atoms with Crippen LogP contribution in [0.3, 0.4) is 0 Å². The van der Waals surface area contributed by atoms with Crippen molar-refractivity contribution in [2.45, 2.75) is 38.6 Å². The molecule has 0 aromatic carbocycles. The number of guanidine groups is 1. The summed E-state index contributed by atoms with van der Waals surface area (Å²) in [6.45, 7) is 1.69. The minimum Gasteiger partial charge on any atom is -0.356 e. The van der Waals surface area contributed by atoms with E-state index in [1.165, 1.54) is 32.1 Å². The summed E-state index contributed by atoms with van der Waals surface area (Å²) in [5.41, 5.74) is 1.58. The summed E-state index contributed by atoms with van der Waals surface area (Å²) in [7, 11) is 3.72. The molecule has 1 heterocycles. The van der Waals surface area contributed by atoms with Crippen LogP contribution in [0.1, 0.15) is 37.8 Å². The van der Waals surface area contributed by atoms with Crippen LogP contribution in [0.4, 0.5) is 0 Å². The highest BCUT2D eigenvalue weighted by molar-refractivity contribution is 6.41. The SMILES string of the molecule is CN=C(NCc1cc(Cl)c(Cl)n1C)NCC1(C2CC2)CCC1. The molecule has 0 saturated heterocycles. The summed E-state index contributed by atoms with van der Waals surface area (Å²) in [5.74, 6) is 1.79. The molecule has 0 atom stereocenters. The fourth-order valence-electron chi connectivity index (χ4n) is 3.47. The fraction of sp³-hybridized carbons (Fsp3) is 0.688. The van der Waals surface area contributed by atoms with Crippen molar-refractivity contribution in [3.8, 4) is 0 Å². The third kappa shape index (κ3) is 3.09. The van der Waals surface area contributed by atoms with Gasteiger partial charge in [-0.1, -0.05) is 29.6 Å². The number of nitrogens with one attached hydrogen (secondary N) is 2. The molecular formula is C16H24Cl2N4. The lowest BCUT2D eigenvalue weighted by molar-refractivity contribution is 0.106. The lowest BCUT2D eigenvalue weighted by atomic mass is 9.65. The summed E-state index contributed by atoms with van der Waals surface area (Å²) in [5, 5.41) is 8.02. The lowest BCUT2D eigenvalue weighted by Gasteiger charge is -2.43. The monoisotopic (exact) mass is 342 g/mol. The molecule has 0 unspecified atom stereocenters. The van der Waals surface area contributed by atoms with Gasteiger partial charge in [-0.25, -0.2) is 0 Å². The average molecular weight is 343 g/mol. The van der Waals surface area contributed by atoms with Crippen molar-refractivity contribution < 1.29 is 0 Å². The van der Waals surface area contributed by atoms with Crippen molar-refractivity contribution >= 4 is 29.2 Å². The van der Waals surface area contributed by atoms with Crippen LogP contribution in [-0.2, 0) is 13.6 Å². The number of hydrogen-bond donors (Lipinski definition) is 2. The molecule has 2 N–H and O–H groups in total. The predicted molar refractivity (Wildman–Crippen MR) is 92.6 cm³/mol. The van der Waals surface area contributed by atoms with Gasteiger partial charge in [0.2, 0.25) is 0 Å². The number of halogens is 2. The second kappa shape index (κ2) is 6.32. The molecule has 0 amide bonds. The first-order valence-electron chi connectivity index (χ1n) is 8.00. The van der Waals surface area contributed by atoms with E-state index in [1.807, 2.05) is 24.7 Å². The van der Waals surface area contributed by atoms with E-state index in [4.69, 9.17) is 23.2 Å². The van der Waals surface area contributed by atoms with Crippen LogP contribution in [0.25, 0.3) is 0 Å². The van der Waals surface area contributed by atoms with Crippen LogP contribution in [0, 0.1) is 11.3 Å². The lowest BCUT2D eigenvalue weighted by Crippen LogP contribution is -2.47. The van der Waals surface area contributed by atoms with Gasteiger partial charge in [-0.15, -0.1) is 0 Å². The molecular weight excluding hydrogens is 319 g/mol. The minimum atomic E-state index is 0.537. The maximum Gasteiger partial charge on any atom is 0.191 e. The molecule has 0 aliphatic heterocycles. The van der Waals surface area contributed by atoms with Crippen LogP contribution in [-0.4, -0.2) is 24.1 Å². The van der Waals surface area contributed by atoms with Crippen LogP contribution in [0.15, 0.2) is 11.1 Å². The standard InChI is InChI=1S/C16H24Cl2N4/c1-19-15(20-9-12-8-13(17)14(18)22(12)2)21-10-16(6-3-7-16)11-4-5-11/h8,11H,3-7,9-10H2,1-2H3,(H2,19,20,21). The van der Waals surface area contributed by atoms with E-state index in [-0.39, 0.29) is 0 Å². The van der Waals surface area contributed by atoms with Crippen LogP contribution in [0.2, 0.25) is 10.2 Å². The van der Waals surface area contributed by atoms with Gasteiger partial charge in [0.15, 0.2) is 5.96 Å². The average Bonchev–Trinajstić information content (AvgIpc) is 3.27. The number of aliphatic imine (C=N–C) groups is 1. The zero-order valence-corrected chi connectivity index (χ0v) is 14.8. The second-order valence-electron chi connectivity index (χ2n) is 6.60. The highest BCUT2D eigenvalue weighted by atomic mass is 35.5. The Bertz CT molecular complexity index is 571. The Morgan fingerprint density at radius 1 is 1.36 bits per heavy atom. The van der Waals surface area contributed by atoms with Crippen molar-refractivity contribution in [2.75, 3.05) is 13.6 Å². The molecule has 3 rings (SSSR count). The molecule has 1 aromatic rings. The minimum absolute atomic E-state index is 0.537. The van der Waals surface area contributed by atoms with Crippen molar-refractivity contribution in [2.24, 2.45) is 23.4 Å². The van der Waals surface area contributed by atoms with Crippen molar-refractivity contribution in [1.29, 1.82) is 0 Å². The Labute approximate surface area is 142 Å². The van der Waals surface area contributed by atoms with E-state index in [0.717, 1.165) is 24.1 Å². The third-order valence-corrected chi connectivity index (χ3v) is 6.12. The maximum atomic E-state index is 6.09. The molecule has 0 radical (unpaired) electrons. The number of hydrogen-bond acceptors (Lipinski definition) is 1. The topological polar surface area (TPSA) is 41.4 Å². The quantitative estimate of drug-likeness (QED) is 0.634. The normalized spacial score (nSPS) is 20.6. The fourth-order valence-corrected chi connectivity index (χ4v) is 3.89. The van der Waals surface area contributed by atoms with Gasteiger partial charge in [-0.2, -0.15) is 0 Å². The van der Waals surface area contributed by atoms with Crippen molar-refractivity contribution in [3.63, 3.8) is 0 Å². The summed E-state index contributed by atoms with van der Waals surface area (Å²) in [6, 6.07) is 1.89. The summed E-state index contributed by atoms with van der Waals surface area (Å²) >= 11 is 12.1. The smallest absolute Gasteiger partial charge is 0.191 e. The predicted octanol–water partition coefficient (Wildman–Crippen LogP) is 3.58. The highest BCUT2D eigenvalue weighted by Crippen LogP contribution is 2.56. The molecule has 0 bridgehead atoms. The highest BCUT2D eigenvalue weighted by Gasteiger charge is 2.48. The molecule has 2 saturated carbocycles. The van der Waals surface area contributed by atoms with Gasteiger partial charge in [0.1, 0.15) is 5.15 Å². The first kappa shape index (κ1) is 16.0. The molecule has 2 aliphatic carbocycles. The zero-order valence-electron chi connectivity index (χ0n) is 13.3. The van der Waals surface area contributed by atoms with Crippen molar-refractivity contribution in [3.05, 3.63) is 21.9 Å². The van der Waals surface area contributed by atoms with Gasteiger partial charge in [0.05, 0.1) is 11.6 Å². The maximum absolute atomic E-state index is 6.09. The summed E-state index contributed by atoms with van der Waals surface area (Å²) < 4.78 is 1.89. The number of aromatic nitrogens is 1. The summed E-state index contributed by atoms with van der Waals surface area (Å²) in [6.07, 6.45) is 6.93. The van der Waals surface area contributed by atoms with E-state index in [2.05, 4.69) is 15.6 Å². The molecule has 22 heavy (non-hydrogen) atoms. The Balaban J connectivity index is 1.53. The van der Waals surface area contributed by atoms with Gasteiger partial charge in [0, 0.05) is 26.3 Å². The van der Waals surface area contributed by atoms with Gasteiger partial charge in [0.25, 0.3) is 0 Å². The van der Waals surface area contributed by atoms with Gasteiger partial charge < -0.3 is 15.2 Å². The Morgan fingerprint density at radius 2 is 2.09 bits per heavy atom. The van der Waals surface area contributed by atoms with Crippen LogP contribution < -0.4 is 10.6 Å². The first-order valence-corrected chi connectivity index (χ1v) is 8.75. The van der Waals surface area contributed by atoms with E-state index in [1.54, 1.807) is 0 Å². The molecule has 2 fully saturated rings. The van der Waals surface area contributed by atoms with E-state index < -0.39 is 0 Å². The number of nitrogens with zero attached hydrogens (tertiary/aromatic N) is 2. The van der Waals surface area contributed by atoms with Crippen LogP contribution in [0.5, 0.6) is 0 Å².